The summed E-state index contributed by atoms with van der Waals surface area (Å²) in [6.07, 6.45) is 1.24. The maximum Gasteiger partial charge on any atom is 0.236 e. The zero-order valence-corrected chi connectivity index (χ0v) is 8.43. The van der Waals surface area contributed by atoms with Crippen molar-refractivity contribution in [1.29, 1.82) is 5.26 Å². The summed E-state index contributed by atoms with van der Waals surface area (Å²) >= 11 is 0. The molecule has 1 atom stereocenters. The van der Waals surface area contributed by atoms with E-state index >= 15 is 0 Å². The van der Waals surface area contributed by atoms with Crippen LogP contribution in [0.1, 0.15) is 12.5 Å². The number of hydrogen-bond acceptors (Lipinski definition) is 3. The average molecular weight is 201 g/mol. The molecular weight excluding hydrogens is 190 g/mol. The summed E-state index contributed by atoms with van der Waals surface area (Å²) in [5, 5.41) is 8.94. The highest BCUT2D eigenvalue weighted by Gasteiger charge is 2.22. The fraction of sp³-hybridized carbons (Fsp3) is 0.250. The summed E-state index contributed by atoms with van der Waals surface area (Å²) in [6.45, 7) is 2.39. The fourth-order valence-corrected chi connectivity index (χ4v) is 1.48. The van der Waals surface area contributed by atoms with Gasteiger partial charge in [-0.25, -0.2) is 0 Å². The molecule has 0 saturated heterocycles. The molecule has 3 heteroatoms. The Morgan fingerprint density at radius 3 is 3.00 bits per heavy atom. The van der Waals surface area contributed by atoms with Crippen LogP contribution in [-0.4, -0.2) is 12.9 Å². The van der Waals surface area contributed by atoms with Crippen LogP contribution in [0.15, 0.2) is 29.8 Å². The Bertz CT molecular complexity index is 431. The second-order valence-electron chi connectivity index (χ2n) is 3.15. The highest BCUT2D eigenvalue weighted by atomic mass is 16.7. The SMILES string of the molecule is CCOC1Oc2ccccc2C=C1C#N. The molecule has 1 heterocycles. The first-order valence-corrected chi connectivity index (χ1v) is 4.84. The lowest BCUT2D eigenvalue weighted by molar-refractivity contribution is -0.0467. The van der Waals surface area contributed by atoms with Gasteiger partial charge in [0.25, 0.3) is 0 Å². The first-order chi connectivity index (χ1) is 7.35. The van der Waals surface area contributed by atoms with Crippen molar-refractivity contribution < 1.29 is 9.47 Å². The van der Waals surface area contributed by atoms with Crippen molar-refractivity contribution >= 4 is 6.08 Å². The molecule has 0 bridgehead atoms. The van der Waals surface area contributed by atoms with E-state index in [0.717, 1.165) is 11.3 Å². The van der Waals surface area contributed by atoms with Gasteiger partial charge in [-0.15, -0.1) is 0 Å². The lowest BCUT2D eigenvalue weighted by Gasteiger charge is -2.23. The molecule has 1 aliphatic heterocycles. The summed E-state index contributed by atoms with van der Waals surface area (Å²) < 4.78 is 10.9. The predicted octanol–water partition coefficient (Wildman–Crippen LogP) is 2.35. The van der Waals surface area contributed by atoms with Crippen LogP contribution in [0, 0.1) is 11.3 Å². The van der Waals surface area contributed by atoms with Gasteiger partial charge in [-0.1, -0.05) is 18.2 Å². The number of ether oxygens (including phenoxy) is 2. The number of nitrogens with zero attached hydrogens (tertiary/aromatic N) is 1. The van der Waals surface area contributed by atoms with E-state index < -0.39 is 6.29 Å². The number of para-hydroxylation sites is 1. The van der Waals surface area contributed by atoms with Gasteiger partial charge in [-0.2, -0.15) is 5.26 Å². The van der Waals surface area contributed by atoms with Crippen LogP contribution < -0.4 is 4.74 Å². The van der Waals surface area contributed by atoms with Crippen LogP contribution in [0.25, 0.3) is 6.08 Å². The molecule has 2 rings (SSSR count). The summed E-state index contributed by atoms with van der Waals surface area (Å²) in [5.74, 6) is 0.759. The van der Waals surface area contributed by atoms with Crippen LogP contribution in [-0.2, 0) is 4.74 Å². The largest absolute Gasteiger partial charge is 0.459 e. The van der Waals surface area contributed by atoms with Gasteiger partial charge in [0.2, 0.25) is 6.29 Å². The van der Waals surface area contributed by atoms with Gasteiger partial charge < -0.3 is 9.47 Å². The molecule has 0 spiro atoms. The van der Waals surface area contributed by atoms with Gasteiger partial charge in [0.05, 0.1) is 5.57 Å². The highest BCUT2D eigenvalue weighted by Crippen LogP contribution is 2.29. The van der Waals surface area contributed by atoms with Crippen LogP contribution in [0.4, 0.5) is 0 Å². The average Bonchev–Trinajstić information content (AvgIpc) is 2.28. The molecule has 0 radical (unpaired) electrons. The number of nitriles is 1. The molecule has 15 heavy (non-hydrogen) atoms. The van der Waals surface area contributed by atoms with Gasteiger partial charge >= 0.3 is 0 Å². The molecule has 0 aliphatic carbocycles. The summed E-state index contributed by atoms with van der Waals surface area (Å²) in [6, 6.07) is 9.68. The van der Waals surface area contributed by atoms with Gasteiger partial charge in [0.1, 0.15) is 11.8 Å². The lowest BCUT2D eigenvalue weighted by atomic mass is 10.1. The molecule has 1 unspecified atom stereocenters. The van der Waals surface area contributed by atoms with Crippen molar-refractivity contribution in [2.24, 2.45) is 0 Å². The van der Waals surface area contributed by atoms with E-state index in [0.29, 0.717) is 12.2 Å². The normalized spacial score (nSPS) is 18.4. The molecular formula is C12H11NO2. The van der Waals surface area contributed by atoms with E-state index in [4.69, 9.17) is 14.7 Å². The third-order valence-corrected chi connectivity index (χ3v) is 2.17. The number of rotatable bonds is 2. The van der Waals surface area contributed by atoms with Crippen molar-refractivity contribution in [2.45, 2.75) is 13.2 Å². The maximum atomic E-state index is 8.94. The maximum absolute atomic E-state index is 8.94. The minimum absolute atomic E-state index is 0.510. The Kier molecular flexibility index (Phi) is 2.70. The van der Waals surface area contributed by atoms with E-state index in [1.54, 1.807) is 6.08 Å². The van der Waals surface area contributed by atoms with E-state index in [1.165, 1.54) is 0 Å². The predicted molar refractivity (Wildman–Crippen MR) is 56.1 cm³/mol. The molecule has 1 aromatic rings. The quantitative estimate of drug-likeness (QED) is 0.737. The molecule has 0 N–H and O–H groups in total. The first kappa shape index (κ1) is 9.75. The van der Waals surface area contributed by atoms with Gasteiger partial charge in [0, 0.05) is 12.2 Å². The minimum Gasteiger partial charge on any atom is -0.459 e. The second-order valence-corrected chi connectivity index (χ2v) is 3.15. The summed E-state index contributed by atoms with van der Waals surface area (Å²) in [4.78, 5) is 0. The Hall–Kier alpha value is -1.79. The molecule has 3 nitrogen and oxygen atoms in total. The Balaban J connectivity index is 2.36. The van der Waals surface area contributed by atoms with Gasteiger partial charge in [-0.05, 0) is 19.1 Å². The summed E-state index contributed by atoms with van der Waals surface area (Å²) in [7, 11) is 0. The van der Waals surface area contributed by atoms with Crippen LogP contribution in [0.3, 0.4) is 0 Å². The molecule has 1 aliphatic rings. The molecule has 0 aromatic heterocycles. The van der Waals surface area contributed by atoms with Crippen molar-refractivity contribution in [3.8, 4) is 11.8 Å². The standard InChI is InChI=1S/C12H11NO2/c1-2-14-12-10(8-13)7-9-5-3-4-6-11(9)15-12/h3-7,12H,2H2,1H3. The Labute approximate surface area is 88.5 Å². The van der Waals surface area contributed by atoms with E-state index in [9.17, 15) is 0 Å². The van der Waals surface area contributed by atoms with Crippen LogP contribution >= 0.6 is 0 Å². The van der Waals surface area contributed by atoms with Crippen molar-refractivity contribution in [3.05, 3.63) is 35.4 Å². The lowest BCUT2D eigenvalue weighted by Crippen LogP contribution is -2.25. The Morgan fingerprint density at radius 1 is 1.47 bits per heavy atom. The monoisotopic (exact) mass is 201 g/mol. The van der Waals surface area contributed by atoms with Gasteiger partial charge in [-0.3, -0.25) is 0 Å². The third kappa shape index (κ3) is 1.85. The molecule has 0 fully saturated rings. The van der Waals surface area contributed by atoms with Gasteiger partial charge in [0.15, 0.2) is 0 Å². The molecule has 1 aromatic carbocycles. The number of fused-ring (bicyclic) bond motifs is 1. The van der Waals surface area contributed by atoms with E-state index in [-0.39, 0.29) is 0 Å². The minimum atomic E-state index is -0.560. The van der Waals surface area contributed by atoms with Crippen molar-refractivity contribution in [2.75, 3.05) is 6.61 Å². The van der Waals surface area contributed by atoms with Crippen molar-refractivity contribution in [1.82, 2.24) is 0 Å². The zero-order chi connectivity index (χ0) is 10.7. The third-order valence-electron chi connectivity index (χ3n) is 2.17. The molecule has 0 saturated carbocycles. The zero-order valence-electron chi connectivity index (χ0n) is 8.43. The van der Waals surface area contributed by atoms with Crippen molar-refractivity contribution in [3.63, 3.8) is 0 Å². The topological polar surface area (TPSA) is 42.2 Å². The first-order valence-electron chi connectivity index (χ1n) is 4.84. The second kappa shape index (κ2) is 4.16. The van der Waals surface area contributed by atoms with Crippen LogP contribution in [0.5, 0.6) is 5.75 Å². The highest BCUT2D eigenvalue weighted by molar-refractivity contribution is 5.65. The van der Waals surface area contributed by atoms with Crippen LogP contribution in [0.2, 0.25) is 0 Å². The smallest absolute Gasteiger partial charge is 0.236 e. The fourth-order valence-electron chi connectivity index (χ4n) is 1.48. The van der Waals surface area contributed by atoms with E-state index in [2.05, 4.69) is 6.07 Å². The number of hydrogen-bond donors (Lipinski definition) is 0. The summed E-state index contributed by atoms with van der Waals surface area (Å²) in [5.41, 5.74) is 1.43. The number of benzene rings is 1. The molecule has 0 amide bonds. The molecule has 76 valence electrons. The Morgan fingerprint density at radius 2 is 2.27 bits per heavy atom. The van der Waals surface area contributed by atoms with E-state index in [1.807, 2.05) is 31.2 Å².